The summed E-state index contributed by atoms with van der Waals surface area (Å²) in [6.45, 7) is 21.6. The summed E-state index contributed by atoms with van der Waals surface area (Å²) in [5.74, 6) is 1.81. The number of hydrogen-bond donors (Lipinski definition) is 1. The zero-order valence-electron chi connectivity index (χ0n) is 35.2. The molecule has 54 heavy (non-hydrogen) atoms. The van der Waals surface area contributed by atoms with Crippen molar-refractivity contribution in [3.8, 4) is 0 Å². The van der Waals surface area contributed by atoms with Gasteiger partial charge in [-0.2, -0.15) is 0 Å². The number of fused-ring (bicyclic) bond motifs is 2. The van der Waals surface area contributed by atoms with E-state index in [2.05, 4.69) is 55.4 Å². The molecule has 0 aromatic carbocycles. The van der Waals surface area contributed by atoms with Crippen molar-refractivity contribution in [1.29, 1.82) is 0 Å². The van der Waals surface area contributed by atoms with Crippen LogP contribution in [0.2, 0.25) is 0 Å². The van der Waals surface area contributed by atoms with Crippen molar-refractivity contribution < 1.29 is 19.4 Å². The Labute approximate surface area is 329 Å². The Morgan fingerprint density at radius 3 is 2.31 bits per heavy atom. The highest BCUT2D eigenvalue weighted by Gasteiger charge is 2.86. The Bertz CT molecular complexity index is 1310. The van der Waals surface area contributed by atoms with E-state index in [1.54, 1.807) is 0 Å². The third-order valence-electron chi connectivity index (χ3n) is 17.1. The maximum atomic E-state index is 14.4. The summed E-state index contributed by atoms with van der Waals surface area (Å²) < 4.78 is 7.65. The van der Waals surface area contributed by atoms with Crippen molar-refractivity contribution in [2.45, 2.75) is 156 Å². The summed E-state index contributed by atoms with van der Waals surface area (Å²) in [7, 11) is 0. The fourth-order valence-electron chi connectivity index (χ4n) is 14.5. The predicted molar refractivity (Wildman–Crippen MR) is 218 cm³/mol. The highest BCUT2D eigenvalue weighted by Crippen LogP contribution is 2.84. The van der Waals surface area contributed by atoms with Gasteiger partial charge in [0.2, 0.25) is 0 Å². The number of carbonyl (C=O) groups excluding carboxylic acids is 1. The van der Waals surface area contributed by atoms with Gasteiger partial charge >= 0.3 is 5.97 Å². The van der Waals surface area contributed by atoms with Crippen molar-refractivity contribution in [2.75, 3.05) is 58.9 Å². The number of carboxylic acid groups (broad SMARTS) is 1. The van der Waals surface area contributed by atoms with E-state index in [-0.39, 0.29) is 30.0 Å². The molecule has 7 rings (SSSR count). The first kappa shape index (κ1) is 40.9. The van der Waals surface area contributed by atoms with Crippen LogP contribution in [0.3, 0.4) is 0 Å². The van der Waals surface area contributed by atoms with Crippen molar-refractivity contribution in [2.24, 2.45) is 57.7 Å². The lowest BCUT2D eigenvalue weighted by atomic mass is 9.41. The molecule has 4 bridgehead atoms. The lowest BCUT2D eigenvalue weighted by molar-refractivity contribution is -0.197. The summed E-state index contributed by atoms with van der Waals surface area (Å²) in [6.07, 6.45) is 23.9. The largest absolute Gasteiger partial charge is 0.481 e. The number of rotatable bonds is 20. The van der Waals surface area contributed by atoms with Gasteiger partial charge in [-0.15, -0.1) is 0 Å². The third kappa shape index (κ3) is 7.01. The molecule has 3 unspecified atom stereocenters. The van der Waals surface area contributed by atoms with Crippen LogP contribution in [0.1, 0.15) is 144 Å². The third-order valence-corrected chi connectivity index (χ3v) is 17.1. The van der Waals surface area contributed by atoms with Gasteiger partial charge < -0.3 is 19.5 Å². The second-order valence-electron chi connectivity index (χ2n) is 20.2. The molecule has 0 radical (unpaired) electrons. The van der Waals surface area contributed by atoms with Crippen molar-refractivity contribution in [1.82, 2.24) is 14.7 Å². The average molecular weight is 750 g/mol. The first-order chi connectivity index (χ1) is 26.1. The van der Waals surface area contributed by atoms with E-state index in [0.717, 1.165) is 63.4 Å². The number of aliphatic carboxylic acids is 1. The number of unbranched alkanes of at least 4 members (excludes halogenated alkanes) is 5. The summed E-state index contributed by atoms with van der Waals surface area (Å²) in [4.78, 5) is 36.3. The van der Waals surface area contributed by atoms with Crippen LogP contribution in [-0.4, -0.2) is 103 Å². The molecule has 7 aliphatic rings. The standard InChI is InChI=1S/C47H79N3O4/c1-6-8-10-11-14-20-50(26-25-49-23-21-48(22-24-49)19-9-7-2)32-42-37(27-36-15-12-13-16-36)28-43(54-42)46-31-39-35(5)17-18-40(39)45(33-51)30-38(46)29-41(34(3)4)47(45,46)44(52)53/h29,33-40,42-43H,6-28,30-32H2,1-5H3,(H,52,53)/t35-,37-,38?,39-,40-,42+,43-,45?,46?,47+/m1/s1. The molecule has 7 heteroatoms. The van der Waals surface area contributed by atoms with E-state index in [1.165, 1.54) is 116 Å². The molecule has 0 spiro atoms. The Morgan fingerprint density at radius 1 is 0.944 bits per heavy atom. The smallest absolute Gasteiger partial charge is 0.315 e. The Balaban J connectivity index is 1.16. The fourth-order valence-corrected chi connectivity index (χ4v) is 14.5. The second-order valence-corrected chi connectivity index (χ2v) is 20.2. The molecule has 4 saturated carbocycles. The normalized spacial score (nSPS) is 39.6. The predicted octanol–water partition coefficient (Wildman–Crippen LogP) is 8.96. The average Bonchev–Trinajstić information content (AvgIpc) is 3.99. The first-order valence-electron chi connectivity index (χ1n) is 23.4. The lowest BCUT2D eigenvalue weighted by Gasteiger charge is -2.60. The Morgan fingerprint density at radius 2 is 1.65 bits per heavy atom. The van der Waals surface area contributed by atoms with Crippen LogP contribution in [-0.2, 0) is 14.3 Å². The monoisotopic (exact) mass is 750 g/mol. The van der Waals surface area contributed by atoms with Crippen LogP contribution in [0.15, 0.2) is 11.6 Å². The topological polar surface area (TPSA) is 73.3 Å². The van der Waals surface area contributed by atoms with E-state index in [0.29, 0.717) is 24.2 Å². The van der Waals surface area contributed by atoms with Crippen LogP contribution in [0.4, 0.5) is 0 Å². The second kappa shape index (κ2) is 17.3. The maximum absolute atomic E-state index is 14.4. The van der Waals surface area contributed by atoms with Gasteiger partial charge in [-0.25, -0.2) is 0 Å². The van der Waals surface area contributed by atoms with Gasteiger partial charge in [-0.1, -0.05) is 110 Å². The quantitative estimate of drug-likeness (QED) is 0.0757. The van der Waals surface area contributed by atoms with E-state index >= 15 is 0 Å². The van der Waals surface area contributed by atoms with Crippen molar-refractivity contribution in [3.05, 3.63) is 11.6 Å². The Hall–Kier alpha value is -1.28. The molecule has 7 nitrogen and oxygen atoms in total. The minimum Gasteiger partial charge on any atom is -0.481 e. The van der Waals surface area contributed by atoms with E-state index in [9.17, 15) is 14.7 Å². The number of ether oxygens (including phenoxy) is 1. The molecule has 2 saturated heterocycles. The molecular formula is C47H79N3O4. The number of carboxylic acids is 1. The highest BCUT2D eigenvalue weighted by molar-refractivity contribution is 5.90. The van der Waals surface area contributed by atoms with E-state index in [4.69, 9.17) is 4.74 Å². The molecule has 6 fully saturated rings. The van der Waals surface area contributed by atoms with Gasteiger partial charge in [-0.3, -0.25) is 14.6 Å². The number of carbonyl (C=O) groups is 2. The number of piperazine rings is 1. The number of allylic oxidation sites excluding steroid dienone is 1. The minimum absolute atomic E-state index is 0.101. The fraction of sp³-hybridized carbons (Fsp3) is 0.915. The summed E-state index contributed by atoms with van der Waals surface area (Å²) in [6, 6.07) is 0. The molecule has 0 aromatic rings. The summed E-state index contributed by atoms with van der Waals surface area (Å²) >= 11 is 0. The molecule has 5 aliphatic carbocycles. The maximum Gasteiger partial charge on any atom is 0.315 e. The first-order valence-corrected chi connectivity index (χ1v) is 23.4. The summed E-state index contributed by atoms with van der Waals surface area (Å²) in [5.41, 5.74) is -1.45. The minimum atomic E-state index is -1.15. The molecule has 10 atom stereocenters. The van der Waals surface area contributed by atoms with Gasteiger partial charge in [0.05, 0.1) is 17.6 Å². The number of hydrogen-bond acceptors (Lipinski definition) is 6. The zero-order valence-corrected chi connectivity index (χ0v) is 35.2. The van der Waals surface area contributed by atoms with Gasteiger partial charge in [-0.05, 0) is 99.5 Å². The molecule has 1 N–H and O–H groups in total. The van der Waals surface area contributed by atoms with Gasteiger partial charge in [0, 0.05) is 51.2 Å². The molecule has 2 heterocycles. The number of aldehydes is 1. The van der Waals surface area contributed by atoms with Gasteiger partial charge in [0.25, 0.3) is 0 Å². The SMILES string of the molecule is CCCCCCCN(CCN1CCN(CCCC)CC1)C[C@@H]1O[C@@H](C23C[C@@H]4[C@H](C)CC[C@H]4C4(C=O)CC2C=C(C(C)C)[C@]43C(=O)O)C[C@H]1CC1CCCC1. The molecule has 306 valence electrons. The van der Waals surface area contributed by atoms with E-state index in [1.807, 2.05) is 0 Å². The molecule has 0 aromatic heterocycles. The summed E-state index contributed by atoms with van der Waals surface area (Å²) in [5, 5.41) is 11.8. The molecule has 0 amide bonds. The lowest BCUT2D eigenvalue weighted by Crippen LogP contribution is -2.65. The Kier molecular flexibility index (Phi) is 13.1. The van der Waals surface area contributed by atoms with Crippen LogP contribution in [0.5, 0.6) is 0 Å². The van der Waals surface area contributed by atoms with Crippen molar-refractivity contribution >= 4 is 12.3 Å². The van der Waals surface area contributed by atoms with Gasteiger partial charge in [0.15, 0.2) is 0 Å². The molecular weight excluding hydrogens is 671 g/mol. The molecule has 2 aliphatic heterocycles. The number of nitrogens with zero attached hydrogens (tertiary/aromatic N) is 3. The van der Waals surface area contributed by atoms with Gasteiger partial charge in [0.1, 0.15) is 11.7 Å². The van der Waals surface area contributed by atoms with Crippen LogP contribution in [0, 0.1) is 57.7 Å². The van der Waals surface area contributed by atoms with E-state index < -0.39 is 22.2 Å². The van der Waals surface area contributed by atoms with Crippen molar-refractivity contribution in [3.63, 3.8) is 0 Å². The highest BCUT2D eigenvalue weighted by atomic mass is 16.5. The zero-order chi connectivity index (χ0) is 38.1. The van der Waals surface area contributed by atoms with Crippen LogP contribution in [0.25, 0.3) is 0 Å². The van der Waals surface area contributed by atoms with Crippen LogP contribution >= 0.6 is 0 Å². The van der Waals surface area contributed by atoms with Crippen LogP contribution < -0.4 is 0 Å².